The highest BCUT2D eigenvalue weighted by atomic mass is 32.1. The normalized spacial score (nSPS) is 15.7. The molecule has 2 nitrogen and oxygen atoms in total. The molecule has 0 spiro atoms. The molecule has 0 saturated heterocycles. The van der Waals surface area contributed by atoms with Crippen LogP contribution in [0.3, 0.4) is 0 Å². The van der Waals surface area contributed by atoms with Crippen molar-refractivity contribution in [3.63, 3.8) is 0 Å². The van der Waals surface area contributed by atoms with Gasteiger partial charge in [-0.3, -0.25) is 0 Å². The van der Waals surface area contributed by atoms with E-state index in [2.05, 4.69) is 0 Å². The Morgan fingerprint density at radius 3 is 2.69 bits per heavy atom. The Morgan fingerprint density at radius 1 is 1.31 bits per heavy atom. The van der Waals surface area contributed by atoms with Crippen LogP contribution in [0.25, 0.3) is 0 Å². The van der Waals surface area contributed by atoms with Gasteiger partial charge in [0.25, 0.3) is 0 Å². The summed E-state index contributed by atoms with van der Waals surface area (Å²) in [6, 6.07) is 0. The van der Waals surface area contributed by atoms with Crippen molar-refractivity contribution >= 4 is 17.3 Å². The molecule has 0 N–H and O–H groups in total. The van der Waals surface area contributed by atoms with Gasteiger partial charge < -0.3 is 4.74 Å². The van der Waals surface area contributed by atoms with Crippen molar-refractivity contribution in [1.82, 2.24) is 0 Å². The molecule has 0 aromatic carbocycles. The molecule has 0 atom stereocenters. The van der Waals surface area contributed by atoms with Gasteiger partial charge in [0.05, 0.1) is 5.56 Å². The first kappa shape index (κ1) is 11.6. The highest BCUT2D eigenvalue weighted by molar-refractivity contribution is 7.10. The van der Waals surface area contributed by atoms with Crippen molar-refractivity contribution in [1.29, 1.82) is 0 Å². The van der Waals surface area contributed by atoms with Crippen LogP contribution in [0.4, 0.5) is 0 Å². The molecule has 0 fully saturated rings. The molecule has 0 bridgehead atoms. The maximum atomic E-state index is 12.0. The van der Waals surface area contributed by atoms with Crippen LogP contribution in [-0.2, 0) is 17.6 Å². The molecular formula is C13H18O2S. The highest BCUT2D eigenvalue weighted by Crippen LogP contribution is 2.31. The van der Waals surface area contributed by atoms with E-state index in [1.165, 1.54) is 23.3 Å². The summed E-state index contributed by atoms with van der Waals surface area (Å²) in [4.78, 5) is 13.4. The molecule has 0 saturated carbocycles. The molecule has 1 aromatic heterocycles. The lowest BCUT2D eigenvalue weighted by molar-refractivity contribution is 0.00688. The Bertz CT molecular complexity index is 399. The second-order valence-electron chi connectivity index (χ2n) is 5.26. The van der Waals surface area contributed by atoms with Crippen LogP contribution in [-0.4, -0.2) is 11.6 Å². The minimum absolute atomic E-state index is 0.160. The first-order valence-corrected chi connectivity index (χ1v) is 6.68. The van der Waals surface area contributed by atoms with Crippen LogP contribution in [0.15, 0.2) is 5.38 Å². The van der Waals surface area contributed by atoms with Gasteiger partial charge in [-0.25, -0.2) is 4.79 Å². The van der Waals surface area contributed by atoms with E-state index >= 15 is 0 Å². The van der Waals surface area contributed by atoms with Gasteiger partial charge in [-0.1, -0.05) is 0 Å². The van der Waals surface area contributed by atoms with Crippen molar-refractivity contribution in [3.05, 3.63) is 21.4 Å². The summed E-state index contributed by atoms with van der Waals surface area (Å²) >= 11 is 1.71. The average Bonchev–Trinajstić information content (AvgIpc) is 2.58. The lowest BCUT2D eigenvalue weighted by Gasteiger charge is -2.20. The van der Waals surface area contributed by atoms with E-state index in [0.717, 1.165) is 18.4 Å². The largest absolute Gasteiger partial charge is 0.456 e. The molecule has 0 unspecified atom stereocenters. The second kappa shape index (κ2) is 4.21. The van der Waals surface area contributed by atoms with Crippen LogP contribution in [0.1, 0.15) is 54.4 Å². The van der Waals surface area contributed by atoms with Crippen LogP contribution in [0.2, 0.25) is 0 Å². The van der Waals surface area contributed by atoms with E-state index in [1.807, 2.05) is 26.2 Å². The lowest BCUT2D eigenvalue weighted by Crippen LogP contribution is -2.24. The molecule has 0 radical (unpaired) electrons. The van der Waals surface area contributed by atoms with Gasteiger partial charge in [-0.15, -0.1) is 11.3 Å². The van der Waals surface area contributed by atoms with Crippen molar-refractivity contribution in [2.45, 2.75) is 52.1 Å². The number of fused-ring (bicyclic) bond motifs is 1. The van der Waals surface area contributed by atoms with Crippen molar-refractivity contribution in [2.75, 3.05) is 0 Å². The first-order chi connectivity index (χ1) is 7.47. The number of carbonyl (C=O) groups is 1. The van der Waals surface area contributed by atoms with Crippen molar-refractivity contribution in [3.8, 4) is 0 Å². The predicted octanol–water partition coefficient (Wildman–Crippen LogP) is 3.58. The first-order valence-electron chi connectivity index (χ1n) is 5.80. The average molecular weight is 238 g/mol. The van der Waals surface area contributed by atoms with Gasteiger partial charge >= 0.3 is 5.97 Å². The Labute approximate surface area is 101 Å². The monoisotopic (exact) mass is 238 g/mol. The number of aryl methyl sites for hydroxylation is 1. The number of hydrogen-bond donors (Lipinski definition) is 0. The molecule has 1 aromatic rings. The summed E-state index contributed by atoms with van der Waals surface area (Å²) in [5.41, 5.74) is 1.64. The van der Waals surface area contributed by atoms with Crippen LogP contribution >= 0.6 is 11.3 Å². The topological polar surface area (TPSA) is 26.3 Å². The Balaban J connectivity index is 2.21. The smallest absolute Gasteiger partial charge is 0.339 e. The quantitative estimate of drug-likeness (QED) is 0.699. The summed E-state index contributed by atoms with van der Waals surface area (Å²) in [6.45, 7) is 5.72. The predicted molar refractivity (Wildman–Crippen MR) is 66.1 cm³/mol. The van der Waals surface area contributed by atoms with E-state index in [-0.39, 0.29) is 5.97 Å². The van der Waals surface area contributed by atoms with Crippen molar-refractivity contribution < 1.29 is 9.53 Å². The van der Waals surface area contributed by atoms with E-state index in [1.54, 1.807) is 11.3 Å². The number of hydrogen-bond acceptors (Lipinski definition) is 3. The maximum Gasteiger partial charge on any atom is 0.339 e. The van der Waals surface area contributed by atoms with Gasteiger partial charge in [-0.05, 0) is 52.0 Å². The molecule has 0 aliphatic heterocycles. The number of thiophene rings is 1. The SMILES string of the molecule is CC(C)(C)OC(=O)c1csc2c1CCCC2. The maximum absolute atomic E-state index is 12.0. The molecule has 1 aliphatic rings. The summed E-state index contributed by atoms with van der Waals surface area (Å²) in [5, 5.41) is 1.96. The summed E-state index contributed by atoms with van der Waals surface area (Å²) in [5.74, 6) is -0.160. The molecule has 1 aliphatic carbocycles. The zero-order valence-electron chi connectivity index (χ0n) is 10.1. The van der Waals surface area contributed by atoms with Crippen LogP contribution in [0.5, 0.6) is 0 Å². The molecule has 2 rings (SSSR count). The summed E-state index contributed by atoms with van der Waals surface area (Å²) < 4.78 is 5.42. The summed E-state index contributed by atoms with van der Waals surface area (Å²) in [6.07, 6.45) is 4.61. The number of esters is 1. The third-order valence-corrected chi connectivity index (χ3v) is 3.77. The minimum Gasteiger partial charge on any atom is -0.456 e. The molecule has 0 amide bonds. The van der Waals surface area contributed by atoms with Crippen molar-refractivity contribution in [2.24, 2.45) is 0 Å². The van der Waals surface area contributed by atoms with E-state index in [0.29, 0.717) is 0 Å². The third-order valence-electron chi connectivity index (χ3n) is 2.68. The van der Waals surface area contributed by atoms with E-state index < -0.39 is 5.60 Å². The van der Waals surface area contributed by atoms with Crippen LogP contribution < -0.4 is 0 Å². The standard InChI is InChI=1S/C13H18O2S/c1-13(2,3)15-12(14)10-8-16-11-7-5-4-6-9(10)11/h8H,4-7H2,1-3H3. The third kappa shape index (κ3) is 2.46. The fourth-order valence-corrected chi connectivity index (χ4v) is 3.11. The van der Waals surface area contributed by atoms with Gasteiger partial charge in [0.2, 0.25) is 0 Å². The second-order valence-corrected chi connectivity index (χ2v) is 6.22. The molecule has 1 heterocycles. The van der Waals surface area contributed by atoms with E-state index in [4.69, 9.17) is 4.74 Å². The van der Waals surface area contributed by atoms with Gasteiger partial charge in [0.15, 0.2) is 0 Å². The molecule has 16 heavy (non-hydrogen) atoms. The Kier molecular flexibility index (Phi) is 3.06. The Hall–Kier alpha value is -0.830. The van der Waals surface area contributed by atoms with Crippen LogP contribution in [0, 0.1) is 0 Å². The molecular weight excluding hydrogens is 220 g/mol. The number of rotatable bonds is 1. The minimum atomic E-state index is -0.402. The van der Waals surface area contributed by atoms with E-state index in [9.17, 15) is 4.79 Å². The fourth-order valence-electron chi connectivity index (χ4n) is 2.00. The zero-order chi connectivity index (χ0) is 11.8. The Morgan fingerprint density at radius 2 is 2.00 bits per heavy atom. The number of carbonyl (C=O) groups excluding carboxylic acids is 1. The lowest BCUT2D eigenvalue weighted by atomic mass is 9.96. The molecule has 3 heteroatoms. The highest BCUT2D eigenvalue weighted by Gasteiger charge is 2.24. The van der Waals surface area contributed by atoms with Gasteiger partial charge in [0.1, 0.15) is 5.60 Å². The summed E-state index contributed by atoms with van der Waals surface area (Å²) in [7, 11) is 0. The molecule has 88 valence electrons. The van der Waals surface area contributed by atoms with Gasteiger partial charge in [-0.2, -0.15) is 0 Å². The zero-order valence-corrected chi connectivity index (χ0v) is 10.9. The fraction of sp³-hybridized carbons (Fsp3) is 0.615. The number of ether oxygens (including phenoxy) is 1. The van der Waals surface area contributed by atoms with Gasteiger partial charge in [0, 0.05) is 10.3 Å².